The first-order chi connectivity index (χ1) is 11.5. The quantitative estimate of drug-likeness (QED) is 0.752. The minimum Gasteiger partial charge on any atom is -0.506 e. The Morgan fingerprint density at radius 1 is 1.12 bits per heavy atom. The summed E-state index contributed by atoms with van der Waals surface area (Å²) in [4.78, 5) is 17.2. The van der Waals surface area contributed by atoms with E-state index in [9.17, 15) is 9.90 Å². The van der Waals surface area contributed by atoms with Crippen LogP contribution in [0.25, 0.3) is 10.9 Å². The largest absolute Gasteiger partial charge is 0.506 e. The normalized spacial score (nSPS) is 11.7. The van der Waals surface area contributed by atoms with Crippen molar-refractivity contribution in [2.75, 3.05) is 7.11 Å². The third-order valence-electron chi connectivity index (χ3n) is 4.01. The van der Waals surface area contributed by atoms with Crippen molar-refractivity contribution in [2.24, 2.45) is 12.0 Å². The number of ether oxygens (including phenoxy) is 1. The molecule has 1 N–H and O–H groups in total. The van der Waals surface area contributed by atoms with Gasteiger partial charge >= 0.3 is 0 Å². The maximum atomic E-state index is 12.7. The number of hydrogen-bond acceptors (Lipinski definition) is 4. The Kier molecular flexibility index (Phi) is 4.08. The van der Waals surface area contributed by atoms with Crippen LogP contribution in [0.5, 0.6) is 11.5 Å². The third kappa shape index (κ3) is 2.54. The Hall–Kier alpha value is -3.08. The van der Waals surface area contributed by atoms with Crippen LogP contribution in [0.2, 0.25) is 0 Å². The lowest BCUT2D eigenvalue weighted by molar-refractivity contribution is 0.416. The number of aryl methyl sites for hydroxylation is 1. The van der Waals surface area contributed by atoms with E-state index < -0.39 is 0 Å². The highest BCUT2D eigenvalue weighted by Crippen LogP contribution is 2.30. The molecular formula is C19H18N2O3. The molecule has 2 aromatic carbocycles. The summed E-state index contributed by atoms with van der Waals surface area (Å²) in [6, 6.07) is 14.5. The Bertz CT molecular complexity index is 1000. The monoisotopic (exact) mass is 322 g/mol. The van der Waals surface area contributed by atoms with E-state index in [1.54, 1.807) is 45.3 Å². The minimum absolute atomic E-state index is 0.0511. The first-order valence-corrected chi connectivity index (χ1v) is 7.54. The lowest BCUT2D eigenvalue weighted by Crippen LogP contribution is -2.24. The smallest absolute Gasteiger partial charge is 0.263 e. The third-order valence-corrected chi connectivity index (χ3v) is 4.01. The van der Waals surface area contributed by atoms with Crippen molar-refractivity contribution in [1.29, 1.82) is 0 Å². The molecule has 24 heavy (non-hydrogen) atoms. The highest BCUT2D eigenvalue weighted by atomic mass is 16.5. The zero-order chi connectivity index (χ0) is 17.3. The first-order valence-electron chi connectivity index (χ1n) is 7.54. The molecule has 0 fully saturated rings. The Morgan fingerprint density at radius 2 is 1.79 bits per heavy atom. The summed E-state index contributed by atoms with van der Waals surface area (Å²) < 4.78 is 6.80. The van der Waals surface area contributed by atoms with Crippen LogP contribution in [0, 0.1) is 0 Å². The summed E-state index contributed by atoms with van der Waals surface area (Å²) in [5, 5.41) is 11.2. The van der Waals surface area contributed by atoms with Gasteiger partial charge in [0.2, 0.25) is 0 Å². The maximum Gasteiger partial charge on any atom is 0.263 e. The number of nitrogens with zero attached hydrogens (tertiary/aromatic N) is 2. The highest BCUT2D eigenvalue weighted by molar-refractivity contribution is 6.06. The van der Waals surface area contributed by atoms with Crippen molar-refractivity contribution in [3.63, 3.8) is 0 Å². The number of benzene rings is 2. The first kappa shape index (κ1) is 15.8. The van der Waals surface area contributed by atoms with Gasteiger partial charge in [0.25, 0.3) is 5.56 Å². The minimum atomic E-state index is -0.289. The van der Waals surface area contributed by atoms with E-state index >= 15 is 0 Å². The molecule has 0 atom stereocenters. The number of pyridine rings is 1. The molecule has 3 aromatic rings. The van der Waals surface area contributed by atoms with Crippen LogP contribution in [0.3, 0.4) is 0 Å². The van der Waals surface area contributed by atoms with Crippen molar-refractivity contribution >= 4 is 22.3 Å². The number of aromatic hydroxyl groups is 1. The van der Waals surface area contributed by atoms with Crippen LogP contribution in [0.15, 0.2) is 58.3 Å². The van der Waals surface area contributed by atoms with Crippen molar-refractivity contribution in [3.8, 4) is 11.5 Å². The van der Waals surface area contributed by atoms with Crippen molar-refractivity contribution in [1.82, 2.24) is 4.57 Å². The van der Waals surface area contributed by atoms with E-state index in [1.165, 1.54) is 4.57 Å². The number of rotatable bonds is 3. The molecule has 0 saturated carbocycles. The SMILES string of the molecule is COc1ccccc1N=C(C)c1c(O)c2ccccc2n(C)c1=O. The summed E-state index contributed by atoms with van der Waals surface area (Å²) in [6.45, 7) is 1.71. The summed E-state index contributed by atoms with van der Waals surface area (Å²) in [7, 11) is 3.25. The van der Waals surface area contributed by atoms with Gasteiger partial charge in [-0.2, -0.15) is 0 Å². The lowest BCUT2D eigenvalue weighted by Gasteiger charge is -2.12. The second kappa shape index (κ2) is 6.20. The molecule has 0 aliphatic rings. The molecule has 1 heterocycles. The maximum absolute atomic E-state index is 12.7. The van der Waals surface area contributed by atoms with Crippen molar-refractivity contribution in [2.45, 2.75) is 6.92 Å². The topological polar surface area (TPSA) is 63.8 Å². The van der Waals surface area contributed by atoms with Crippen LogP contribution < -0.4 is 10.3 Å². The van der Waals surface area contributed by atoms with Gasteiger partial charge in [-0.25, -0.2) is 4.99 Å². The standard InChI is InChI=1S/C19H18N2O3/c1-12(20-14-9-5-7-11-16(14)24-3)17-18(22)13-8-4-6-10-15(13)21(2)19(17)23/h4-11,22H,1-3H3. The Balaban J connectivity index is 2.26. The number of methoxy groups -OCH3 is 1. The number of aromatic nitrogens is 1. The van der Waals surface area contributed by atoms with Gasteiger partial charge in [0.15, 0.2) is 0 Å². The fraction of sp³-hybridized carbons (Fsp3) is 0.158. The summed E-state index contributed by atoms with van der Waals surface area (Å²) in [5.74, 6) is 0.554. The van der Waals surface area contributed by atoms with Gasteiger partial charge in [0.1, 0.15) is 22.7 Å². The molecule has 0 aliphatic carbocycles. The van der Waals surface area contributed by atoms with Gasteiger partial charge in [-0.1, -0.05) is 24.3 Å². The molecule has 5 heteroatoms. The molecule has 0 aliphatic heterocycles. The summed E-state index contributed by atoms with van der Waals surface area (Å²) >= 11 is 0. The van der Waals surface area contributed by atoms with Gasteiger partial charge in [-0.05, 0) is 31.2 Å². The van der Waals surface area contributed by atoms with Gasteiger partial charge < -0.3 is 14.4 Å². The van der Waals surface area contributed by atoms with E-state index in [2.05, 4.69) is 4.99 Å². The number of para-hydroxylation sites is 3. The average Bonchev–Trinajstić information content (AvgIpc) is 2.60. The highest BCUT2D eigenvalue weighted by Gasteiger charge is 2.17. The summed E-state index contributed by atoms with van der Waals surface area (Å²) in [5.41, 5.74) is 1.62. The van der Waals surface area contributed by atoms with Crippen LogP contribution in [0.1, 0.15) is 12.5 Å². The zero-order valence-electron chi connectivity index (χ0n) is 13.8. The predicted molar refractivity (Wildman–Crippen MR) is 95.7 cm³/mol. The van der Waals surface area contributed by atoms with Gasteiger partial charge in [0, 0.05) is 12.4 Å². The van der Waals surface area contributed by atoms with Crippen LogP contribution >= 0.6 is 0 Å². The fourth-order valence-electron chi connectivity index (χ4n) is 2.76. The van der Waals surface area contributed by atoms with E-state index in [-0.39, 0.29) is 16.9 Å². The summed E-state index contributed by atoms with van der Waals surface area (Å²) in [6.07, 6.45) is 0. The van der Waals surface area contributed by atoms with Crippen molar-refractivity contribution < 1.29 is 9.84 Å². The molecule has 0 unspecified atom stereocenters. The number of fused-ring (bicyclic) bond motifs is 1. The Morgan fingerprint density at radius 3 is 2.54 bits per heavy atom. The second-order valence-electron chi connectivity index (χ2n) is 5.47. The molecule has 1 aromatic heterocycles. The van der Waals surface area contributed by atoms with Crippen molar-refractivity contribution in [3.05, 3.63) is 64.4 Å². The molecule has 0 spiro atoms. The van der Waals surface area contributed by atoms with Gasteiger partial charge in [-0.3, -0.25) is 4.79 Å². The average molecular weight is 322 g/mol. The lowest BCUT2D eigenvalue weighted by atomic mass is 10.1. The van der Waals surface area contributed by atoms with Gasteiger partial charge in [-0.15, -0.1) is 0 Å². The fourth-order valence-corrected chi connectivity index (χ4v) is 2.76. The predicted octanol–water partition coefficient (Wildman–Crippen LogP) is 3.39. The number of aliphatic imine (C=N–C) groups is 1. The molecule has 3 rings (SSSR count). The second-order valence-corrected chi connectivity index (χ2v) is 5.47. The van der Waals surface area contributed by atoms with Crippen LogP contribution in [-0.4, -0.2) is 22.5 Å². The van der Waals surface area contributed by atoms with Crippen LogP contribution in [0.4, 0.5) is 5.69 Å². The van der Waals surface area contributed by atoms with E-state index in [1.807, 2.05) is 24.3 Å². The van der Waals surface area contributed by atoms with E-state index in [0.29, 0.717) is 28.1 Å². The molecule has 0 bridgehead atoms. The number of hydrogen-bond donors (Lipinski definition) is 1. The molecular weight excluding hydrogens is 304 g/mol. The zero-order valence-corrected chi connectivity index (χ0v) is 13.8. The van der Waals surface area contributed by atoms with Crippen LogP contribution in [-0.2, 0) is 7.05 Å². The molecule has 5 nitrogen and oxygen atoms in total. The van der Waals surface area contributed by atoms with E-state index in [4.69, 9.17) is 4.74 Å². The molecule has 0 saturated heterocycles. The molecule has 0 radical (unpaired) electrons. The Labute approximate surface area is 139 Å². The van der Waals surface area contributed by atoms with Gasteiger partial charge in [0.05, 0.1) is 18.3 Å². The molecule has 0 amide bonds. The van der Waals surface area contributed by atoms with E-state index in [0.717, 1.165) is 0 Å². The molecule has 122 valence electrons.